The minimum absolute atomic E-state index is 0.141. The van der Waals surface area contributed by atoms with Gasteiger partial charge in [-0.15, -0.1) is 0 Å². The summed E-state index contributed by atoms with van der Waals surface area (Å²) < 4.78 is 5.48. The summed E-state index contributed by atoms with van der Waals surface area (Å²) in [6.45, 7) is 4.55. The van der Waals surface area contributed by atoms with E-state index in [9.17, 15) is 4.79 Å². The smallest absolute Gasteiger partial charge is 0.225 e. The first-order valence-corrected chi connectivity index (χ1v) is 6.32. The van der Waals surface area contributed by atoms with Crippen LogP contribution in [0.5, 0.6) is 0 Å². The zero-order valence-corrected chi connectivity index (χ0v) is 10.0. The van der Waals surface area contributed by atoms with E-state index >= 15 is 0 Å². The van der Waals surface area contributed by atoms with Gasteiger partial charge in [0.1, 0.15) is 0 Å². The molecular formula is C12H22N2O2. The molecule has 1 amide bonds. The maximum Gasteiger partial charge on any atom is 0.225 e. The third kappa shape index (κ3) is 2.74. The van der Waals surface area contributed by atoms with Crippen molar-refractivity contribution >= 4 is 5.91 Å². The van der Waals surface area contributed by atoms with Crippen LogP contribution in [-0.2, 0) is 9.53 Å². The van der Waals surface area contributed by atoms with Gasteiger partial charge in [0.25, 0.3) is 0 Å². The van der Waals surface area contributed by atoms with Gasteiger partial charge < -0.3 is 15.4 Å². The second kappa shape index (κ2) is 5.15. The number of hydrogen-bond acceptors (Lipinski definition) is 3. The van der Waals surface area contributed by atoms with Gasteiger partial charge in [0, 0.05) is 25.7 Å². The Hall–Kier alpha value is -0.610. The van der Waals surface area contributed by atoms with Gasteiger partial charge in [-0.2, -0.15) is 0 Å². The minimum atomic E-state index is 0.141. The van der Waals surface area contributed by atoms with Crippen LogP contribution in [-0.4, -0.2) is 42.6 Å². The Kier molecular flexibility index (Phi) is 3.82. The van der Waals surface area contributed by atoms with Gasteiger partial charge in [-0.25, -0.2) is 0 Å². The molecule has 2 rings (SSSR count). The first-order chi connectivity index (χ1) is 7.66. The van der Waals surface area contributed by atoms with E-state index in [0.717, 1.165) is 32.4 Å². The Balaban J connectivity index is 1.80. The number of carbonyl (C=O) groups is 1. The summed E-state index contributed by atoms with van der Waals surface area (Å²) in [5.41, 5.74) is 5.99. The number of nitrogens with two attached hydrogens (primary N) is 1. The van der Waals surface area contributed by atoms with Crippen molar-refractivity contribution in [3.05, 3.63) is 0 Å². The molecule has 0 saturated carbocycles. The minimum Gasteiger partial charge on any atom is -0.378 e. The molecule has 16 heavy (non-hydrogen) atoms. The van der Waals surface area contributed by atoms with Crippen molar-refractivity contribution in [2.24, 2.45) is 11.7 Å². The van der Waals surface area contributed by atoms with E-state index in [2.05, 4.69) is 6.92 Å². The first kappa shape index (κ1) is 11.9. The van der Waals surface area contributed by atoms with Crippen LogP contribution >= 0.6 is 0 Å². The molecule has 2 aliphatic heterocycles. The van der Waals surface area contributed by atoms with Gasteiger partial charge in [0.05, 0.1) is 12.5 Å². The fraction of sp³-hybridized carbons (Fsp3) is 0.917. The molecular weight excluding hydrogens is 204 g/mol. The van der Waals surface area contributed by atoms with Gasteiger partial charge in [-0.3, -0.25) is 4.79 Å². The standard InChI is InChI=1S/C12H22N2O2/c1-9-4-5-14(8-11(9)13)12(15)7-10-3-2-6-16-10/h9-11H,2-8,13H2,1H3. The molecule has 2 N–H and O–H groups in total. The number of nitrogens with zero attached hydrogens (tertiary/aromatic N) is 1. The monoisotopic (exact) mass is 226 g/mol. The van der Waals surface area contributed by atoms with E-state index in [-0.39, 0.29) is 18.1 Å². The number of carbonyl (C=O) groups excluding carboxylic acids is 1. The van der Waals surface area contributed by atoms with Crippen LogP contribution in [0, 0.1) is 5.92 Å². The van der Waals surface area contributed by atoms with Crippen molar-refractivity contribution in [3.63, 3.8) is 0 Å². The fourth-order valence-electron chi connectivity index (χ4n) is 2.45. The molecule has 0 spiro atoms. The Morgan fingerprint density at radius 3 is 2.94 bits per heavy atom. The van der Waals surface area contributed by atoms with Crippen LogP contribution in [0.25, 0.3) is 0 Å². The highest BCUT2D eigenvalue weighted by Crippen LogP contribution is 2.20. The van der Waals surface area contributed by atoms with Crippen molar-refractivity contribution in [1.29, 1.82) is 0 Å². The number of rotatable bonds is 2. The predicted octanol–water partition coefficient (Wildman–Crippen LogP) is 0.751. The summed E-state index contributed by atoms with van der Waals surface area (Å²) in [5.74, 6) is 0.751. The third-order valence-corrected chi connectivity index (χ3v) is 3.80. The molecule has 2 saturated heterocycles. The molecule has 2 fully saturated rings. The highest BCUT2D eigenvalue weighted by molar-refractivity contribution is 5.76. The number of amides is 1. The van der Waals surface area contributed by atoms with Crippen LogP contribution in [0.2, 0.25) is 0 Å². The Morgan fingerprint density at radius 2 is 2.31 bits per heavy atom. The molecule has 0 aromatic rings. The Bertz CT molecular complexity index is 251. The summed E-state index contributed by atoms with van der Waals surface area (Å²) in [7, 11) is 0. The molecule has 0 aromatic heterocycles. The van der Waals surface area contributed by atoms with E-state index in [1.807, 2.05) is 4.90 Å². The average Bonchev–Trinajstić information content (AvgIpc) is 2.74. The van der Waals surface area contributed by atoms with Crippen LogP contribution < -0.4 is 5.73 Å². The molecule has 4 heteroatoms. The summed E-state index contributed by atoms with van der Waals surface area (Å²) >= 11 is 0. The zero-order chi connectivity index (χ0) is 11.5. The largest absolute Gasteiger partial charge is 0.378 e. The van der Waals surface area contributed by atoms with Gasteiger partial charge in [0.15, 0.2) is 0 Å². The topological polar surface area (TPSA) is 55.6 Å². The molecule has 2 aliphatic rings. The highest BCUT2D eigenvalue weighted by atomic mass is 16.5. The lowest BCUT2D eigenvalue weighted by Crippen LogP contribution is -2.50. The van der Waals surface area contributed by atoms with Crippen LogP contribution in [0.1, 0.15) is 32.6 Å². The van der Waals surface area contributed by atoms with Crippen molar-refractivity contribution in [2.45, 2.75) is 44.8 Å². The van der Waals surface area contributed by atoms with Crippen molar-refractivity contribution < 1.29 is 9.53 Å². The maximum atomic E-state index is 12.0. The summed E-state index contributed by atoms with van der Waals surface area (Å²) in [5, 5.41) is 0. The summed E-state index contributed by atoms with van der Waals surface area (Å²) in [6.07, 6.45) is 3.85. The van der Waals surface area contributed by atoms with E-state index in [0.29, 0.717) is 18.9 Å². The van der Waals surface area contributed by atoms with Gasteiger partial charge in [0.2, 0.25) is 5.91 Å². The molecule has 92 valence electrons. The van der Waals surface area contributed by atoms with Gasteiger partial charge in [-0.05, 0) is 25.2 Å². The van der Waals surface area contributed by atoms with E-state index in [1.54, 1.807) is 0 Å². The molecule has 3 unspecified atom stereocenters. The van der Waals surface area contributed by atoms with Crippen molar-refractivity contribution in [1.82, 2.24) is 4.90 Å². The molecule has 2 heterocycles. The highest BCUT2D eigenvalue weighted by Gasteiger charge is 2.28. The number of ether oxygens (including phenoxy) is 1. The summed E-state index contributed by atoms with van der Waals surface area (Å²) in [6, 6.07) is 0.141. The van der Waals surface area contributed by atoms with Crippen molar-refractivity contribution in [3.8, 4) is 0 Å². The van der Waals surface area contributed by atoms with Crippen LogP contribution in [0.15, 0.2) is 0 Å². The lowest BCUT2D eigenvalue weighted by Gasteiger charge is -2.35. The Labute approximate surface area is 97.1 Å². The molecule has 0 bridgehead atoms. The summed E-state index contributed by atoms with van der Waals surface area (Å²) in [4.78, 5) is 13.9. The van der Waals surface area contributed by atoms with E-state index in [1.165, 1.54) is 0 Å². The molecule has 3 atom stereocenters. The number of piperidine rings is 1. The van der Waals surface area contributed by atoms with Crippen LogP contribution in [0.3, 0.4) is 0 Å². The second-order valence-electron chi connectivity index (χ2n) is 5.11. The van der Waals surface area contributed by atoms with Gasteiger partial charge >= 0.3 is 0 Å². The van der Waals surface area contributed by atoms with E-state index in [4.69, 9.17) is 10.5 Å². The first-order valence-electron chi connectivity index (χ1n) is 6.32. The average molecular weight is 226 g/mol. The quantitative estimate of drug-likeness (QED) is 0.756. The Morgan fingerprint density at radius 1 is 1.50 bits per heavy atom. The third-order valence-electron chi connectivity index (χ3n) is 3.80. The van der Waals surface area contributed by atoms with Crippen molar-refractivity contribution in [2.75, 3.05) is 19.7 Å². The fourth-order valence-corrected chi connectivity index (χ4v) is 2.45. The second-order valence-corrected chi connectivity index (χ2v) is 5.11. The number of likely N-dealkylation sites (tertiary alicyclic amines) is 1. The van der Waals surface area contributed by atoms with E-state index < -0.39 is 0 Å². The van der Waals surface area contributed by atoms with Crippen LogP contribution in [0.4, 0.5) is 0 Å². The number of hydrogen-bond donors (Lipinski definition) is 1. The molecule has 4 nitrogen and oxygen atoms in total. The SMILES string of the molecule is CC1CCN(C(=O)CC2CCCO2)CC1N. The molecule has 0 aliphatic carbocycles. The lowest BCUT2D eigenvalue weighted by atomic mass is 9.94. The normalized spacial score (nSPS) is 35.4. The molecule has 0 aromatic carbocycles. The maximum absolute atomic E-state index is 12.0. The predicted molar refractivity (Wildman–Crippen MR) is 61.9 cm³/mol. The lowest BCUT2D eigenvalue weighted by molar-refractivity contribution is -0.135. The zero-order valence-electron chi connectivity index (χ0n) is 10.0. The molecule has 0 radical (unpaired) electrons. The van der Waals surface area contributed by atoms with Gasteiger partial charge in [-0.1, -0.05) is 6.92 Å².